The fourth-order valence-electron chi connectivity index (χ4n) is 3.25. The minimum absolute atomic E-state index is 0.00855. The Morgan fingerprint density at radius 1 is 1.30 bits per heavy atom. The highest BCUT2D eigenvalue weighted by Gasteiger charge is 2.55. The highest BCUT2D eigenvalue weighted by atomic mass is 35.5. The summed E-state index contributed by atoms with van der Waals surface area (Å²) < 4.78 is 42.7. The van der Waals surface area contributed by atoms with E-state index >= 15 is 0 Å². The molecule has 0 spiro atoms. The van der Waals surface area contributed by atoms with Gasteiger partial charge < -0.3 is 15.5 Å². The first-order valence-corrected chi connectivity index (χ1v) is 11.1. The predicted molar refractivity (Wildman–Crippen MR) is 113 cm³/mol. The number of benzene rings is 1. The van der Waals surface area contributed by atoms with Crippen LogP contribution in [0.2, 0.25) is 5.02 Å². The largest absolute Gasteiger partial charge is 0.394 e. The van der Waals surface area contributed by atoms with Crippen LogP contribution in [0.25, 0.3) is 0 Å². The molecule has 164 valence electrons. The molecule has 11 heteroatoms. The predicted octanol–water partition coefficient (Wildman–Crippen LogP) is 2.25. The highest BCUT2D eigenvalue weighted by molar-refractivity contribution is 7.94. The van der Waals surface area contributed by atoms with Crippen molar-refractivity contribution in [3.8, 4) is 0 Å². The zero-order valence-electron chi connectivity index (χ0n) is 16.4. The summed E-state index contributed by atoms with van der Waals surface area (Å²) in [4.78, 5) is 12.3. The van der Waals surface area contributed by atoms with E-state index in [1.165, 1.54) is 19.2 Å². The molecule has 1 aromatic heterocycles. The summed E-state index contributed by atoms with van der Waals surface area (Å²) >= 11 is 5.97. The quantitative estimate of drug-likeness (QED) is 0.480. The Bertz CT molecular complexity index is 1130. The molecule has 30 heavy (non-hydrogen) atoms. The van der Waals surface area contributed by atoms with E-state index in [4.69, 9.17) is 16.7 Å². The van der Waals surface area contributed by atoms with E-state index in [-0.39, 0.29) is 28.6 Å². The smallest absolute Gasteiger partial charge is 0.270 e. The van der Waals surface area contributed by atoms with Crippen molar-refractivity contribution in [3.05, 3.63) is 51.0 Å². The first-order valence-electron chi connectivity index (χ1n) is 9.24. The number of aromatic nitrogens is 1. The number of pyridine rings is 1. The van der Waals surface area contributed by atoms with E-state index in [9.17, 15) is 22.7 Å². The Kier molecular flexibility index (Phi) is 6.15. The third-order valence-corrected chi connectivity index (χ3v) is 7.66. The Labute approximate surface area is 178 Å². The van der Waals surface area contributed by atoms with Crippen LogP contribution in [0.15, 0.2) is 29.1 Å². The van der Waals surface area contributed by atoms with Crippen molar-refractivity contribution in [1.82, 2.24) is 4.57 Å². The summed E-state index contributed by atoms with van der Waals surface area (Å²) in [6.45, 7) is 1.17. The summed E-state index contributed by atoms with van der Waals surface area (Å²) in [5, 5.41) is 21.3. The van der Waals surface area contributed by atoms with Gasteiger partial charge in [0, 0.05) is 7.05 Å². The number of anilines is 3. The van der Waals surface area contributed by atoms with Crippen LogP contribution in [-0.2, 0) is 17.1 Å². The number of halogens is 2. The first kappa shape index (κ1) is 22.5. The molecular formula is C19H23ClFN3O5S. The van der Waals surface area contributed by atoms with E-state index in [0.29, 0.717) is 18.4 Å². The third-order valence-electron chi connectivity index (χ3n) is 5.19. The zero-order chi connectivity index (χ0) is 22.3. The molecule has 8 nitrogen and oxygen atoms in total. The molecular weight excluding hydrogens is 437 g/mol. The summed E-state index contributed by atoms with van der Waals surface area (Å²) in [7, 11) is -2.64. The molecule has 0 aliphatic heterocycles. The Balaban J connectivity index is 2.01. The van der Waals surface area contributed by atoms with Crippen LogP contribution < -0.4 is 15.6 Å². The van der Waals surface area contributed by atoms with Gasteiger partial charge in [-0.2, -0.15) is 0 Å². The fraction of sp³-hybridized carbons (Fsp3) is 0.421. The molecule has 0 saturated heterocycles. The second kappa shape index (κ2) is 8.18. The van der Waals surface area contributed by atoms with Gasteiger partial charge in [-0.1, -0.05) is 17.7 Å². The van der Waals surface area contributed by atoms with Crippen molar-refractivity contribution >= 4 is 38.8 Å². The molecule has 1 aromatic carbocycles. The number of sulfonamides is 1. The van der Waals surface area contributed by atoms with Gasteiger partial charge in [0.05, 0.1) is 28.8 Å². The number of hydrogen-bond donors (Lipinski definition) is 4. The summed E-state index contributed by atoms with van der Waals surface area (Å²) in [5.74, 6) is -0.565. The fourth-order valence-corrected chi connectivity index (χ4v) is 5.20. The topological polar surface area (TPSA) is 121 Å². The minimum Gasteiger partial charge on any atom is -0.394 e. The average Bonchev–Trinajstić information content (AvgIpc) is 3.45. The first-order chi connectivity index (χ1) is 14.0. The Morgan fingerprint density at radius 2 is 1.97 bits per heavy atom. The average molecular weight is 460 g/mol. The van der Waals surface area contributed by atoms with Crippen LogP contribution in [-0.4, -0.2) is 40.7 Å². The molecule has 1 atom stereocenters. The number of hydrogen-bond acceptors (Lipinski definition) is 6. The lowest BCUT2D eigenvalue weighted by molar-refractivity contribution is 0.0858. The summed E-state index contributed by atoms with van der Waals surface area (Å²) in [5.41, 5.74) is 0.121. The number of aryl methyl sites for hydroxylation is 1. The van der Waals surface area contributed by atoms with Gasteiger partial charge in [0.15, 0.2) is 0 Å². The number of aliphatic hydroxyl groups excluding tert-OH is 2. The van der Waals surface area contributed by atoms with Gasteiger partial charge in [0.2, 0.25) is 10.0 Å². The monoisotopic (exact) mass is 459 g/mol. The Hall–Kier alpha value is -2.14. The number of aliphatic hydroxyl groups is 2. The van der Waals surface area contributed by atoms with Gasteiger partial charge in [0.1, 0.15) is 16.7 Å². The van der Waals surface area contributed by atoms with Gasteiger partial charge >= 0.3 is 0 Å². The maximum atomic E-state index is 14.3. The van der Waals surface area contributed by atoms with Crippen molar-refractivity contribution in [2.24, 2.45) is 7.05 Å². The van der Waals surface area contributed by atoms with Crippen LogP contribution >= 0.6 is 11.6 Å². The number of nitrogens with zero attached hydrogens (tertiary/aromatic N) is 1. The van der Waals surface area contributed by atoms with E-state index in [0.717, 1.165) is 10.6 Å². The molecule has 0 radical (unpaired) electrons. The standard InChI is InChI=1S/C19H23ClFN3O5S/c1-11-3-4-15(14(21)7-11)22-17-16(8-13(20)18(27)24(17)2)23-30(28,29)19(5-6-19)9-12(26)10-25/h3-4,7-8,12,22-23,25-26H,5-6,9-10H2,1-2H3. The van der Waals surface area contributed by atoms with Gasteiger partial charge in [0.25, 0.3) is 5.56 Å². The lowest BCUT2D eigenvalue weighted by atomic mass is 10.2. The highest BCUT2D eigenvalue weighted by Crippen LogP contribution is 2.48. The normalized spacial score (nSPS) is 16.2. The minimum atomic E-state index is -4.01. The number of nitrogens with one attached hydrogen (secondary N) is 2. The van der Waals surface area contributed by atoms with Crippen molar-refractivity contribution in [2.45, 2.75) is 37.0 Å². The van der Waals surface area contributed by atoms with Crippen molar-refractivity contribution in [2.75, 3.05) is 16.6 Å². The zero-order valence-corrected chi connectivity index (χ0v) is 18.0. The maximum absolute atomic E-state index is 14.3. The molecule has 2 aromatic rings. The number of rotatable bonds is 8. The van der Waals surface area contributed by atoms with Crippen molar-refractivity contribution < 1.29 is 23.0 Å². The van der Waals surface area contributed by atoms with Crippen LogP contribution in [0.4, 0.5) is 21.6 Å². The van der Waals surface area contributed by atoms with Gasteiger partial charge in [-0.3, -0.25) is 14.1 Å². The molecule has 1 heterocycles. The lowest BCUT2D eigenvalue weighted by Gasteiger charge is -2.23. The summed E-state index contributed by atoms with van der Waals surface area (Å²) in [6, 6.07) is 5.60. The second-order valence-corrected chi connectivity index (χ2v) is 10.0. The van der Waals surface area contributed by atoms with Gasteiger partial charge in [-0.05, 0) is 49.9 Å². The molecule has 3 rings (SSSR count). The van der Waals surface area contributed by atoms with Crippen LogP contribution in [0.5, 0.6) is 0 Å². The summed E-state index contributed by atoms with van der Waals surface area (Å²) in [6.07, 6.45) is -0.678. The van der Waals surface area contributed by atoms with Crippen LogP contribution in [0.3, 0.4) is 0 Å². The van der Waals surface area contributed by atoms with E-state index in [1.54, 1.807) is 13.0 Å². The van der Waals surface area contributed by atoms with Crippen LogP contribution in [0, 0.1) is 12.7 Å². The second-order valence-electron chi connectivity index (χ2n) is 7.56. The van der Waals surface area contributed by atoms with E-state index < -0.39 is 38.9 Å². The van der Waals surface area contributed by atoms with Crippen LogP contribution in [0.1, 0.15) is 24.8 Å². The Morgan fingerprint density at radius 3 is 2.53 bits per heavy atom. The SMILES string of the molecule is Cc1ccc(Nc2c(NS(=O)(=O)C3(CC(O)CO)CC3)cc(Cl)c(=O)n2C)c(F)c1. The maximum Gasteiger partial charge on any atom is 0.270 e. The molecule has 1 unspecified atom stereocenters. The van der Waals surface area contributed by atoms with Crippen molar-refractivity contribution in [3.63, 3.8) is 0 Å². The molecule has 0 bridgehead atoms. The molecule has 0 amide bonds. The third kappa shape index (κ3) is 4.31. The van der Waals surface area contributed by atoms with Gasteiger partial charge in [-0.15, -0.1) is 0 Å². The van der Waals surface area contributed by atoms with Crippen molar-refractivity contribution in [1.29, 1.82) is 0 Å². The van der Waals surface area contributed by atoms with E-state index in [1.807, 2.05) is 0 Å². The van der Waals surface area contributed by atoms with E-state index in [2.05, 4.69) is 10.0 Å². The molecule has 4 N–H and O–H groups in total. The van der Waals surface area contributed by atoms with Gasteiger partial charge in [-0.25, -0.2) is 12.8 Å². The molecule has 1 aliphatic carbocycles. The lowest BCUT2D eigenvalue weighted by Crippen LogP contribution is -2.35. The molecule has 1 saturated carbocycles. The molecule has 1 aliphatic rings. The molecule has 1 fully saturated rings.